The number of methoxy groups -OCH3 is 2. The Morgan fingerprint density at radius 1 is 1.16 bits per heavy atom. The minimum Gasteiger partial charge on any atom is -0.481 e. The van der Waals surface area contributed by atoms with Crippen LogP contribution in [0, 0.1) is 5.41 Å². The first-order chi connectivity index (χ1) is 8.86. The van der Waals surface area contributed by atoms with Crippen molar-refractivity contribution in [3.05, 3.63) is 6.07 Å². The van der Waals surface area contributed by atoms with E-state index in [0.29, 0.717) is 17.7 Å². The molecule has 19 heavy (non-hydrogen) atoms. The lowest BCUT2D eigenvalue weighted by atomic mass is 9.93. The van der Waals surface area contributed by atoms with Gasteiger partial charge in [-0.05, 0) is 19.5 Å². The highest BCUT2D eigenvalue weighted by Crippen LogP contribution is 2.20. The van der Waals surface area contributed by atoms with Crippen LogP contribution in [0.2, 0.25) is 0 Å². The molecule has 0 bridgehead atoms. The summed E-state index contributed by atoms with van der Waals surface area (Å²) in [6, 6.07) is 1.65. The molecule has 0 saturated carbocycles. The monoisotopic (exact) mass is 268 g/mol. The molecule has 0 aromatic carbocycles. The van der Waals surface area contributed by atoms with Crippen molar-refractivity contribution in [3.63, 3.8) is 0 Å². The predicted octanol–water partition coefficient (Wildman–Crippen LogP) is 1.49. The molecule has 108 valence electrons. The average Bonchev–Trinajstić information content (AvgIpc) is 2.34. The van der Waals surface area contributed by atoms with Crippen LogP contribution in [0.3, 0.4) is 0 Å². The number of nitrogens with zero attached hydrogens (tertiary/aromatic N) is 3. The first-order valence-corrected chi connectivity index (χ1v) is 6.22. The van der Waals surface area contributed by atoms with Crippen LogP contribution in [0.25, 0.3) is 0 Å². The van der Waals surface area contributed by atoms with Gasteiger partial charge in [-0.15, -0.1) is 0 Å². The molecule has 6 nitrogen and oxygen atoms in total. The molecule has 0 amide bonds. The lowest BCUT2D eigenvalue weighted by Crippen LogP contribution is -2.34. The Kier molecular flexibility index (Phi) is 5.35. The number of ether oxygens (including phenoxy) is 2. The first-order valence-electron chi connectivity index (χ1n) is 6.22. The van der Waals surface area contributed by atoms with Gasteiger partial charge in [0.2, 0.25) is 17.7 Å². The van der Waals surface area contributed by atoms with E-state index < -0.39 is 0 Å². The predicted molar refractivity (Wildman–Crippen MR) is 76.0 cm³/mol. The average molecular weight is 268 g/mol. The fourth-order valence-corrected chi connectivity index (χ4v) is 1.92. The summed E-state index contributed by atoms with van der Waals surface area (Å²) >= 11 is 0. The first kappa shape index (κ1) is 15.5. The van der Waals surface area contributed by atoms with Gasteiger partial charge in [0.15, 0.2) is 0 Å². The lowest BCUT2D eigenvalue weighted by Gasteiger charge is -2.28. The number of anilines is 1. The van der Waals surface area contributed by atoms with Crippen molar-refractivity contribution in [2.75, 3.05) is 46.7 Å². The van der Waals surface area contributed by atoms with E-state index in [0.717, 1.165) is 13.1 Å². The van der Waals surface area contributed by atoms with E-state index >= 15 is 0 Å². The Morgan fingerprint density at radius 2 is 1.68 bits per heavy atom. The smallest absolute Gasteiger partial charge is 0.229 e. The van der Waals surface area contributed by atoms with E-state index in [1.54, 1.807) is 20.3 Å². The molecule has 0 aliphatic heterocycles. The molecule has 0 saturated heterocycles. The molecule has 1 rings (SSSR count). The van der Waals surface area contributed by atoms with Crippen molar-refractivity contribution < 1.29 is 9.47 Å². The summed E-state index contributed by atoms with van der Waals surface area (Å²) in [5.41, 5.74) is 0.114. The zero-order valence-electron chi connectivity index (χ0n) is 12.6. The maximum absolute atomic E-state index is 5.11. The van der Waals surface area contributed by atoms with Gasteiger partial charge in [0.25, 0.3) is 0 Å². The van der Waals surface area contributed by atoms with Gasteiger partial charge in [0.05, 0.1) is 20.3 Å². The fraction of sp³-hybridized carbons (Fsp3) is 0.692. The normalized spacial score (nSPS) is 11.5. The molecule has 0 spiro atoms. The Balaban J connectivity index is 2.71. The van der Waals surface area contributed by atoms with E-state index in [1.165, 1.54) is 0 Å². The molecule has 1 aromatic rings. The minimum atomic E-state index is 0.114. The highest BCUT2D eigenvalue weighted by molar-refractivity contribution is 5.33. The van der Waals surface area contributed by atoms with Gasteiger partial charge < -0.3 is 19.7 Å². The standard InChI is InChI=1S/C13H24N4O2/c1-13(2,9-17(3)4)8-14-12-15-10(18-5)7-11(16-12)19-6/h7H,8-9H2,1-6H3,(H,14,15,16). The summed E-state index contributed by atoms with van der Waals surface area (Å²) in [5, 5.41) is 3.23. The SMILES string of the molecule is COc1cc(OC)nc(NCC(C)(C)CN(C)C)n1. The highest BCUT2D eigenvalue weighted by Gasteiger charge is 2.19. The summed E-state index contributed by atoms with van der Waals surface area (Å²) in [6.07, 6.45) is 0. The number of nitrogens with one attached hydrogen (secondary N) is 1. The van der Waals surface area contributed by atoms with Crippen LogP contribution < -0.4 is 14.8 Å². The van der Waals surface area contributed by atoms with Crippen LogP contribution in [0.5, 0.6) is 11.8 Å². The van der Waals surface area contributed by atoms with E-state index in [2.05, 4.69) is 48.1 Å². The zero-order valence-corrected chi connectivity index (χ0v) is 12.6. The third-order valence-corrected chi connectivity index (χ3v) is 2.57. The van der Waals surface area contributed by atoms with Crippen LogP contribution >= 0.6 is 0 Å². The van der Waals surface area contributed by atoms with Crippen LogP contribution in [-0.2, 0) is 0 Å². The van der Waals surface area contributed by atoms with E-state index in [1.807, 2.05) is 0 Å². The molecular weight excluding hydrogens is 244 g/mol. The topological polar surface area (TPSA) is 59.5 Å². The van der Waals surface area contributed by atoms with Crippen molar-refractivity contribution >= 4 is 5.95 Å². The van der Waals surface area contributed by atoms with Gasteiger partial charge >= 0.3 is 0 Å². The molecule has 0 unspecified atom stereocenters. The summed E-state index contributed by atoms with van der Waals surface area (Å²) < 4.78 is 10.2. The third kappa shape index (κ3) is 5.30. The second-order valence-corrected chi connectivity index (χ2v) is 5.53. The zero-order chi connectivity index (χ0) is 14.5. The fourth-order valence-electron chi connectivity index (χ4n) is 1.92. The highest BCUT2D eigenvalue weighted by atomic mass is 16.5. The molecule has 0 aliphatic rings. The molecule has 6 heteroatoms. The maximum atomic E-state index is 5.11. The van der Waals surface area contributed by atoms with E-state index in [4.69, 9.17) is 9.47 Å². The molecule has 0 atom stereocenters. The second-order valence-electron chi connectivity index (χ2n) is 5.53. The molecule has 1 N–H and O–H groups in total. The number of rotatable bonds is 7. The summed E-state index contributed by atoms with van der Waals surface area (Å²) in [5.74, 6) is 1.49. The van der Waals surface area contributed by atoms with E-state index in [9.17, 15) is 0 Å². The Morgan fingerprint density at radius 3 is 2.11 bits per heavy atom. The maximum Gasteiger partial charge on any atom is 0.229 e. The van der Waals surface area contributed by atoms with Gasteiger partial charge in [-0.25, -0.2) is 0 Å². The summed E-state index contributed by atoms with van der Waals surface area (Å²) in [7, 11) is 7.27. The Hall–Kier alpha value is -1.56. The number of hydrogen-bond acceptors (Lipinski definition) is 6. The molecular formula is C13H24N4O2. The number of hydrogen-bond donors (Lipinski definition) is 1. The summed E-state index contributed by atoms with van der Waals surface area (Å²) in [6.45, 7) is 6.12. The van der Waals surface area contributed by atoms with Gasteiger partial charge in [0, 0.05) is 13.1 Å². The second kappa shape index (κ2) is 6.56. The molecule has 0 radical (unpaired) electrons. The molecule has 0 aliphatic carbocycles. The molecule has 1 heterocycles. The quantitative estimate of drug-likeness (QED) is 0.808. The minimum absolute atomic E-state index is 0.114. The van der Waals surface area contributed by atoms with Gasteiger partial charge in [-0.2, -0.15) is 9.97 Å². The summed E-state index contributed by atoms with van der Waals surface area (Å²) in [4.78, 5) is 10.6. The number of aromatic nitrogens is 2. The van der Waals surface area contributed by atoms with Gasteiger partial charge in [0.1, 0.15) is 0 Å². The third-order valence-electron chi connectivity index (χ3n) is 2.57. The van der Waals surface area contributed by atoms with Crippen LogP contribution in [-0.4, -0.2) is 56.3 Å². The Bertz CT molecular complexity index is 385. The Labute approximate surface area is 115 Å². The van der Waals surface area contributed by atoms with Gasteiger partial charge in [-0.1, -0.05) is 13.8 Å². The molecule has 0 fully saturated rings. The van der Waals surface area contributed by atoms with Crippen LogP contribution in [0.15, 0.2) is 6.07 Å². The van der Waals surface area contributed by atoms with Crippen molar-refractivity contribution in [1.29, 1.82) is 0 Å². The van der Waals surface area contributed by atoms with Crippen LogP contribution in [0.1, 0.15) is 13.8 Å². The molecule has 1 aromatic heterocycles. The largest absolute Gasteiger partial charge is 0.481 e. The van der Waals surface area contributed by atoms with Crippen molar-refractivity contribution in [2.24, 2.45) is 5.41 Å². The van der Waals surface area contributed by atoms with Crippen molar-refractivity contribution in [2.45, 2.75) is 13.8 Å². The van der Waals surface area contributed by atoms with Crippen molar-refractivity contribution in [3.8, 4) is 11.8 Å². The van der Waals surface area contributed by atoms with Crippen LogP contribution in [0.4, 0.5) is 5.95 Å². The van der Waals surface area contributed by atoms with E-state index in [-0.39, 0.29) is 5.41 Å². The van der Waals surface area contributed by atoms with Gasteiger partial charge in [-0.3, -0.25) is 0 Å². The lowest BCUT2D eigenvalue weighted by molar-refractivity contribution is 0.253. The van der Waals surface area contributed by atoms with Crippen molar-refractivity contribution in [1.82, 2.24) is 14.9 Å².